The van der Waals surface area contributed by atoms with Gasteiger partial charge in [-0.3, -0.25) is 9.20 Å². The second-order valence-corrected chi connectivity index (χ2v) is 8.43. The highest BCUT2D eigenvalue weighted by Crippen LogP contribution is 2.48. The first-order valence-electron chi connectivity index (χ1n) is 10.6. The molecule has 0 spiro atoms. The molecule has 7 nitrogen and oxygen atoms in total. The molecule has 2 aromatic carbocycles. The van der Waals surface area contributed by atoms with Crippen LogP contribution < -0.4 is 10.5 Å². The number of rotatable bonds is 1. The van der Waals surface area contributed by atoms with Crippen LogP contribution in [0.4, 0.5) is 23.4 Å². The molecule has 2 aromatic heterocycles. The number of alkyl halides is 3. The molecule has 34 heavy (non-hydrogen) atoms. The number of nitrogens with zero attached hydrogens (tertiary/aromatic N) is 4. The van der Waals surface area contributed by atoms with E-state index >= 15 is 0 Å². The van der Waals surface area contributed by atoms with Crippen LogP contribution in [0, 0.1) is 5.82 Å². The van der Waals surface area contributed by atoms with Gasteiger partial charge in [-0.05, 0) is 37.1 Å². The van der Waals surface area contributed by atoms with Crippen LogP contribution in [-0.2, 0) is 6.18 Å². The number of fused-ring (bicyclic) bond motifs is 6. The summed E-state index contributed by atoms with van der Waals surface area (Å²) in [6, 6.07) is 6.20. The first-order chi connectivity index (χ1) is 16.2. The molecule has 0 radical (unpaired) electrons. The molecule has 0 aliphatic carbocycles. The largest absolute Gasteiger partial charge is 0.484 e. The molecule has 1 fully saturated rings. The minimum atomic E-state index is -4.84. The number of nitrogens with two attached hydrogens (primary N) is 1. The van der Waals surface area contributed by atoms with Crippen LogP contribution >= 0.6 is 0 Å². The quantitative estimate of drug-likeness (QED) is 0.417. The average molecular weight is 471 g/mol. The van der Waals surface area contributed by atoms with Crippen LogP contribution in [0.25, 0.3) is 16.6 Å². The molecule has 4 heterocycles. The zero-order valence-corrected chi connectivity index (χ0v) is 17.5. The highest BCUT2D eigenvalue weighted by atomic mass is 19.4. The summed E-state index contributed by atoms with van der Waals surface area (Å²) in [6.45, 7) is 0.365. The van der Waals surface area contributed by atoms with Gasteiger partial charge in [0, 0.05) is 17.7 Å². The van der Waals surface area contributed by atoms with E-state index in [1.165, 1.54) is 6.07 Å². The lowest BCUT2D eigenvalue weighted by Crippen LogP contribution is -2.44. The molecule has 1 amide bonds. The predicted molar refractivity (Wildman–Crippen MR) is 114 cm³/mol. The van der Waals surface area contributed by atoms with Gasteiger partial charge in [0.15, 0.2) is 11.6 Å². The number of ether oxygens (including phenoxy) is 1. The summed E-state index contributed by atoms with van der Waals surface area (Å²) in [5, 5.41) is 0. The van der Waals surface area contributed by atoms with Crippen molar-refractivity contribution < 1.29 is 27.1 Å². The average Bonchev–Trinajstić information content (AvgIpc) is 3.44. The van der Waals surface area contributed by atoms with E-state index < -0.39 is 35.5 Å². The summed E-state index contributed by atoms with van der Waals surface area (Å²) in [4.78, 5) is 23.6. The number of anilines is 1. The summed E-state index contributed by atoms with van der Waals surface area (Å²) in [5.41, 5.74) is 7.00. The van der Waals surface area contributed by atoms with Gasteiger partial charge in [-0.1, -0.05) is 6.07 Å². The number of halogens is 4. The lowest BCUT2D eigenvalue weighted by Gasteiger charge is -2.36. The monoisotopic (exact) mass is 471 g/mol. The lowest BCUT2D eigenvalue weighted by molar-refractivity contribution is -0.140. The van der Waals surface area contributed by atoms with Crippen LogP contribution in [0.3, 0.4) is 0 Å². The number of likely N-dealkylation sites (tertiary alicyclic amines) is 1. The molecule has 2 aliphatic heterocycles. The van der Waals surface area contributed by atoms with Crippen LogP contribution in [0.5, 0.6) is 5.75 Å². The summed E-state index contributed by atoms with van der Waals surface area (Å²) in [7, 11) is 0. The minimum absolute atomic E-state index is 0.246. The minimum Gasteiger partial charge on any atom is -0.484 e. The van der Waals surface area contributed by atoms with Gasteiger partial charge in [-0.2, -0.15) is 13.2 Å². The maximum atomic E-state index is 14.7. The molecule has 2 N–H and O–H groups in total. The number of nitrogen functional groups attached to an aromatic ring is 1. The summed E-state index contributed by atoms with van der Waals surface area (Å²) < 4.78 is 61.6. The van der Waals surface area contributed by atoms with E-state index in [4.69, 9.17) is 10.5 Å². The van der Waals surface area contributed by atoms with Crippen LogP contribution in [0.15, 0.2) is 42.9 Å². The fourth-order valence-corrected chi connectivity index (χ4v) is 4.95. The molecule has 2 atom stereocenters. The maximum absolute atomic E-state index is 14.7. The zero-order valence-electron chi connectivity index (χ0n) is 17.5. The summed E-state index contributed by atoms with van der Waals surface area (Å²) >= 11 is 0. The molecule has 1 saturated heterocycles. The fourth-order valence-electron chi connectivity index (χ4n) is 4.95. The smallest absolute Gasteiger partial charge is 0.419 e. The second-order valence-electron chi connectivity index (χ2n) is 8.43. The first-order valence-corrected chi connectivity index (χ1v) is 10.6. The van der Waals surface area contributed by atoms with Crippen molar-refractivity contribution in [3.05, 3.63) is 65.4 Å². The van der Waals surface area contributed by atoms with Crippen molar-refractivity contribution in [3.63, 3.8) is 0 Å². The number of aromatic nitrogens is 3. The molecule has 4 aromatic rings. The van der Waals surface area contributed by atoms with Crippen LogP contribution in [-0.4, -0.2) is 37.8 Å². The van der Waals surface area contributed by atoms with Crippen molar-refractivity contribution in [2.75, 3.05) is 12.3 Å². The molecule has 2 aliphatic rings. The summed E-state index contributed by atoms with van der Waals surface area (Å²) in [5.74, 6) is -1.90. The standard InChI is InChI=1S/C23H17F4N5O2/c24-18-13(23(25,26)27)5-4-12-19-17(34-20(12)18)2-1-7-31(19)22(33)11-3-6-14-15(8-11)32-10-29-9-16(32)21(28)30-14/h3-6,8-10,17,19H,1-2,7H2,(H2,28,30)/t17-,19-/m0/s1. The Kier molecular flexibility index (Phi) is 4.29. The van der Waals surface area contributed by atoms with Gasteiger partial charge in [-0.15, -0.1) is 0 Å². The lowest BCUT2D eigenvalue weighted by atomic mass is 9.93. The normalized spacial score (nSPS) is 19.8. The third-order valence-electron chi connectivity index (χ3n) is 6.48. The van der Waals surface area contributed by atoms with Crippen molar-refractivity contribution in [2.24, 2.45) is 0 Å². The number of hydrogen-bond donors (Lipinski definition) is 1. The molecule has 11 heteroatoms. The van der Waals surface area contributed by atoms with E-state index in [-0.39, 0.29) is 11.5 Å². The van der Waals surface area contributed by atoms with E-state index in [9.17, 15) is 22.4 Å². The van der Waals surface area contributed by atoms with Crippen molar-refractivity contribution in [2.45, 2.75) is 31.2 Å². The SMILES string of the molecule is Nc1nc2ccc(C(=O)N3CCC[C@@H]4Oc5c(ccc(C(F)(F)F)c5F)[C@@H]43)cc2n2cncc12. The van der Waals surface area contributed by atoms with Crippen molar-refractivity contribution in [3.8, 4) is 5.75 Å². The Bertz CT molecular complexity index is 1480. The van der Waals surface area contributed by atoms with Gasteiger partial charge < -0.3 is 15.4 Å². The molecule has 174 valence electrons. The molecular weight excluding hydrogens is 454 g/mol. The highest BCUT2D eigenvalue weighted by Gasteiger charge is 2.46. The topological polar surface area (TPSA) is 85.8 Å². The first kappa shape index (κ1) is 20.7. The summed E-state index contributed by atoms with van der Waals surface area (Å²) in [6.07, 6.45) is -1.24. The number of imidazole rings is 1. The predicted octanol–water partition coefficient (Wildman–Crippen LogP) is 4.36. The van der Waals surface area contributed by atoms with Crippen molar-refractivity contribution in [1.29, 1.82) is 0 Å². The number of amides is 1. The van der Waals surface area contributed by atoms with Gasteiger partial charge in [-0.25, -0.2) is 14.4 Å². The Morgan fingerprint density at radius 2 is 2.00 bits per heavy atom. The van der Waals surface area contributed by atoms with Gasteiger partial charge in [0.1, 0.15) is 17.4 Å². The third kappa shape index (κ3) is 2.92. The van der Waals surface area contributed by atoms with E-state index in [1.807, 2.05) is 0 Å². The van der Waals surface area contributed by atoms with E-state index in [2.05, 4.69) is 9.97 Å². The highest BCUT2D eigenvalue weighted by molar-refractivity contribution is 5.98. The Hall–Kier alpha value is -3.89. The number of carbonyl (C=O) groups excluding carboxylic acids is 1. The molecule has 6 rings (SSSR count). The van der Waals surface area contributed by atoms with Gasteiger partial charge >= 0.3 is 6.18 Å². The molecule has 0 unspecified atom stereocenters. The third-order valence-corrected chi connectivity index (χ3v) is 6.48. The fraction of sp³-hybridized carbons (Fsp3) is 0.261. The number of piperidine rings is 1. The zero-order chi connectivity index (χ0) is 23.8. The molecular formula is C23H17F4N5O2. The Morgan fingerprint density at radius 1 is 1.18 bits per heavy atom. The second kappa shape index (κ2) is 7.05. The van der Waals surface area contributed by atoms with Crippen molar-refractivity contribution in [1.82, 2.24) is 19.3 Å². The number of carbonyl (C=O) groups is 1. The Morgan fingerprint density at radius 3 is 2.79 bits per heavy atom. The molecule has 0 bridgehead atoms. The maximum Gasteiger partial charge on any atom is 0.419 e. The number of benzene rings is 2. The van der Waals surface area contributed by atoms with Crippen molar-refractivity contribution >= 4 is 28.3 Å². The Labute approximate surface area is 189 Å². The van der Waals surface area contributed by atoms with Gasteiger partial charge in [0.05, 0.1) is 35.2 Å². The molecule has 0 saturated carbocycles. The van der Waals surface area contributed by atoms with Gasteiger partial charge in [0.25, 0.3) is 5.91 Å². The van der Waals surface area contributed by atoms with E-state index in [0.717, 1.165) is 0 Å². The van der Waals surface area contributed by atoms with Gasteiger partial charge in [0.2, 0.25) is 0 Å². The van der Waals surface area contributed by atoms with E-state index in [1.54, 1.807) is 40.0 Å². The van der Waals surface area contributed by atoms with Crippen LogP contribution in [0.2, 0.25) is 0 Å². The number of hydrogen-bond acceptors (Lipinski definition) is 5. The Balaban J connectivity index is 1.42. The van der Waals surface area contributed by atoms with E-state index in [0.29, 0.717) is 53.4 Å². The van der Waals surface area contributed by atoms with Crippen LogP contribution in [0.1, 0.15) is 40.4 Å².